The molecule has 1 heterocycles. The summed E-state index contributed by atoms with van der Waals surface area (Å²) >= 11 is 6.83. The summed E-state index contributed by atoms with van der Waals surface area (Å²) < 4.78 is 0.848. The third-order valence-electron chi connectivity index (χ3n) is 3.55. The first-order valence-corrected chi connectivity index (χ1v) is 8.61. The highest BCUT2D eigenvalue weighted by atomic mass is 79.9. The molecule has 0 bridgehead atoms. The van der Waals surface area contributed by atoms with E-state index in [1.807, 2.05) is 11.0 Å². The first-order valence-electron chi connectivity index (χ1n) is 6.70. The summed E-state index contributed by atoms with van der Waals surface area (Å²) in [6, 6.07) is 2.23. The smallest absolute Gasteiger partial charge is 0.255 e. The Hall–Kier alpha value is -0.420. The van der Waals surface area contributed by atoms with E-state index in [0.29, 0.717) is 11.6 Å². The van der Waals surface area contributed by atoms with Gasteiger partial charge in [-0.25, -0.2) is 0 Å². The van der Waals surface area contributed by atoms with Gasteiger partial charge in [0.15, 0.2) is 0 Å². The fraction of sp³-hybridized carbons (Fsp3) is 0.571. The Morgan fingerprint density at radius 1 is 1.32 bits per heavy atom. The highest BCUT2D eigenvalue weighted by molar-refractivity contribution is 9.10. The zero-order chi connectivity index (χ0) is 13.7. The normalized spacial score (nSPS) is 16.3. The summed E-state index contributed by atoms with van der Waals surface area (Å²) in [6.45, 7) is 0.760. The Morgan fingerprint density at radius 3 is 2.68 bits per heavy atom. The Balaban J connectivity index is 2.15. The Morgan fingerprint density at radius 2 is 2.05 bits per heavy atom. The molecule has 3 nitrogen and oxygen atoms in total. The number of hydrogen-bond acceptors (Lipinski definition) is 2. The molecule has 0 radical (unpaired) electrons. The largest absolute Gasteiger partial charge is 0.335 e. The van der Waals surface area contributed by atoms with Gasteiger partial charge < -0.3 is 4.90 Å². The number of halogens is 2. The molecule has 0 spiro atoms. The van der Waals surface area contributed by atoms with Crippen LogP contribution in [-0.4, -0.2) is 33.7 Å². The van der Waals surface area contributed by atoms with E-state index in [2.05, 4.69) is 36.8 Å². The van der Waals surface area contributed by atoms with E-state index in [9.17, 15) is 4.79 Å². The molecule has 104 valence electrons. The molecule has 1 aromatic heterocycles. The third kappa shape index (κ3) is 4.02. The summed E-state index contributed by atoms with van der Waals surface area (Å²) in [5.41, 5.74) is 0.667. The minimum atomic E-state index is 0.0974. The number of amides is 1. The van der Waals surface area contributed by atoms with Gasteiger partial charge in [-0.15, -0.1) is 0 Å². The second-order valence-corrected chi connectivity index (χ2v) is 6.58. The zero-order valence-electron chi connectivity index (χ0n) is 10.8. The summed E-state index contributed by atoms with van der Waals surface area (Å²) in [6.07, 6.45) is 9.36. The average Bonchev–Trinajstić information content (AvgIpc) is 2.45. The molecule has 1 saturated carbocycles. The van der Waals surface area contributed by atoms with Crippen molar-refractivity contribution in [3.05, 3.63) is 28.5 Å². The van der Waals surface area contributed by atoms with Crippen LogP contribution >= 0.6 is 31.9 Å². The Bertz CT molecular complexity index is 433. The summed E-state index contributed by atoms with van der Waals surface area (Å²) in [5, 5.41) is 0.816. The zero-order valence-corrected chi connectivity index (χ0v) is 14.0. The summed E-state index contributed by atoms with van der Waals surface area (Å²) in [5.74, 6) is 0.0974. The van der Waals surface area contributed by atoms with Crippen LogP contribution in [0.1, 0.15) is 42.5 Å². The van der Waals surface area contributed by atoms with Gasteiger partial charge in [-0.1, -0.05) is 35.2 Å². The highest BCUT2D eigenvalue weighted by Crippen LogP contribution is 2.24. The number of rotatable bonds is 4. The van der Waals surface area contributed by atoms with Crippen molar-refractivity contribution in [2.75, 3.05) is 11.9 Å². The molecule has 0 aromatic carbocycles. The predicted octanol–water partition coefficient (Wildman–Crippen LogP) is 4.01. The topological polar surface area (TPSA) is 33.2 Å². The molecule has 2 rings (SSSR count). The predicted molar refractivity (Wildman–Crippen MR) is 83.6 cm³/mol. The number of carbonyl (C=O) groups excluding carboxylic acids is 1. The first kappa shape index (κ1) is 15.0. The van der Waals surface area contributed by atoms with Crippen LogP contribution in [0.25, 0.3) is 0 Å². The molecule has 0 saturated heterocycles. The molecular weight excluding hydrogens is 372 g/mol. The van der Waals surface area contributed by atoms with Gasteiger partial charge in [0, 0.05) is 34.8 Å². The van der Waals surface area contributed by atoms with Crippen LogP contribution in [-0.2, 0) is 0 Å². The Kier molecular flexibility index (Phi) is 5.82. The molecule has 1 amide bonds. The first-order chi connectivity index (χ1) is 9.22. The van der Waals surface area contributed by atoms with E-state index >= 15 is 0 Å². The molecular formula is C14H18Br2N2O. The van der Waals surface area contributed by atoms with Crippen molar-refractivity contribution >= 4 is 37.8 Å². The van der Waals surface area contributed by atoms with E-state index in [-0.39, 0.29) is 5.91 Å². The maximum Gasteiger partial charge on any atom is 0.255 e. The lowest BCUT2D eigenvalue weighted by atomic mass is 9.94. The molecule has 1 fully saturated rings. The number of hydrogen-bond donors (Lipinski definition) is 0. The number of aromatic nitrogens is 1. The maximum absolute atomic E-state index is 12.6. The molecule has 0 aliphatic heterocycles. The second-order valence-electron chi connectivity index (χ2n) is 4.87. The van der Waals surface area contributed by atoms with Crippen LogP contribution in [0.15, 0.2) is 22.9 Å². The number of alkyl halides is 1. The maximum atomic E-state index is 12.6. The summed E-state index contributed by atoms with van der Waals surface area (Å²) in [7, 11) is 0. The van der Waals surface area contributed by atoms with Crippen LogP contribution in [0.2, 0.25) is 0 Å². The minimum Gasteiger partial charge on any atom is -0.335 e. The number of nitrogens with zero attached hydrogens (tertiary/aromatic N) is 2. The van der Waals surface area contributed by atoms with Crippen molar-refractivity contribution in [2.45, 2.75) is 38.1 Å². The Labute approximate surface area is 131 Å². The third-order valence-corrected chi connectivity index (χ3v) is 4.34. The lowest BCUT2D eigenvalue weighted by molar-refractivity contribution is 0.0650. The van der Waals surface area contributed by atoms with E-state index < -0.39 is 0 Å². The molecule has 1 aromatic rings. The molecule has 0 atom stereocenters. The van der Waals surface area contributed by atoms with Crippen LogP contribution in [0.4, 0.5) is 0 Å². The van der Waals surface area contributed by atoms with Crippen LogP contribution in [0, 0.1) is 0 Å². The molecule has 1 aliphatic carbocycles. The summed E-state index contributed by atoms with van der Waals surface area (Å²) in [4.78, 5) is 18.7. The van der Waals surface area contributed by atoms with Gasteiger partial charge in [-0.05, 0) is 34.8 Å². The van der Waals surface area contributed by atoms with E-state index in [0.717, 1.165) is 29.2 Å². The van der Waals surface area contributed by atoms with E-state index in [4.69, 9.17) is 0 Å². The van der Waals surface area contributed by atoms with Gasteiger partial charge >= 0.3 is 0 Å². The fourth-order valence-electron chi connectivity index (χ4n) is 2.63. The van der Waals surface area contributed by atoms with Gasteiger partial charge in [0.05, 0.1) is 5.56 Å². The van der Waals surface area contributed by atoms with Gasteiger partial charge in [0.2, 0.25) is 0 Å². The lowest BCUT2D eigenvalue weighted by Gasteiger charge is -2.34. The van der Waals surface area contributed by atoms with Crippen molar-refractivity contribution in [3.8, 4) is 0 Å². The SMILES string of the molecule is O=C(c1cncc(Br)c1)N(CCBr)C1CCCCC1. The molecule has 1 aliphatic rings. The van der Waals surface area contributed by atoms with E-state index in [1.165, 1.54) is 19.3 Å². The van der Waals surface area contributed by atoms with Crippen LogP contribution < -0.4 is 0 Å². The average molecular weight is 390 g/mol. The van der Waals surface area contributed by atoms with Crippen molar-refractivity contribution in [1.82, 2.24) is 9.88 Å². The minimum absolute atomic E-state index is 0.0974. The second kappa shape index (κ2) is 7.39. The van der Waals surface area contributed by atoms with Gasteiger partial charge in [-0.2, -0.15) is 0 Å². The fourth-order valence-corrected chi connectivity index (χ4v) is 3.38. The van der Waals surface area contributed by atoms with E-state index in [1.54, 1.807) is 12.4 Å². The monoisotopic (exact) mass is 388 g/mol. The lowest BCUT2D eigenvalue weighted by Crippen LogP contribution is -2.42. The highest BCUT2D eigenvalue weighted by Gasteiger charge is 2.25. The molecule has 19 heavy (non-hydrogen) atoms. The van der Waals surface area contributed by atoms with Gasteiger partial charge in [0.1, 0.15) is 0 Å². The van der Waals surface area contributed by atoms with Crippen molar-refractivity contribution in [2.24, 2.45) is 0 Å². The number of pyridine rings is 1. The molecule has 5 heteroatoms. The van der Waals surface area contributed by atoms with Crippen LogP contribution in [0.3, 0.4) is 0 Å². The number of carbonyl (C=O) groups is 1. The van der Waals surface area contributed by atoms with Gasteiger partial charge in [0.25, 0.3) is 5.91 Å². The quantitative estimate of drug-likeness (QED) is 0.728. The van der Waals surface area contributed by atoms with Crippen molar-refractivity contribution < 1.29 is 4.79 Å². The van der Waals surface area contributed by atoms with Crippen molar-refractivity contribution in [1.29, 1.82) is 0 Å². The molecule has 0 N–H and O–H groups in total. The van der Waals surface area contributed by atoms with Crippen molar-refractivity contribution in [3.63, 3.8) is 0 Å². The molecule has 0 unspecified atom stereocenters. The van der Waals surface area contributed by atoms with Crippen LogP contribution in [0.5, 0.6) is 0 Å². The van der Waals surface area contributed by atoms with Gasteiger partial charge in [-0.3, -0.25) is 9.78 Å². The standard InChI is InChI=1S/C14H18Br2N2O/c15-6-7-18(13-4-2-1-3-5-13)14(19)11-8-12(16)10-17-9-11/h8-10,13H,1-7H2.